The molecule has 0 amide bonds. The summed E-state index contributed by atoms with van der Waals surface area (Å²) in [6.45, 7) is 15.1. The van der Waals surface area contributed by atoms with Gasteiger partial charge in [-0.15, -0.1) is 0 Å². The summed E-state index contributed by atoms with van der Waals surface area (Å²) in [4.78, 5) is 0. The standard InChI is InChI=1S/C30H48O/c1-18(22-15-20(22)3)7-8-19(2)24-9-10-25-23-16-27(31-6)30-17-21(30)11-14-29(30,5)26(23)12-13-28(24,25)4/h18,20-27H,2,7-17H2,1,3-6H3/t18-,20-,21-,22+,23+,24-,25+,26+,27-,28-,29-,30+/m1/s1. The molecule has 0 bridgehead atoms. The third kappa shape index (κ3) is 2.71. The Morgan fingerprint density at radius 2 is 1.84 bits per heavy atom. The molecule has 0 aromatic rings. The van der Waals surface area contributed by atoms with Crippen LogP contribution in [0.5, 0.6) is 0 Å². The van der Waals surface area contributed by atoms with Crippen molar-refractivity contribution in [1.29, 1.82) is 0 Å². The summed E-state index contributed by atoms with van der Waals surface area (Å²) in [5.74, 6) is 7.45. The zero-order valence-corrected chi connectivity index (χ0v) is 21.1. The highest BCUT2D eigenvalue weighted by molar-refractivity contribution is 5.26. The molecule has 6 aliphatic rings. The van der Waals surface area contributed by atoms with Crippen LogP contribution in [-0.2, 0) is 4.74 Å². The molecule has 0 heterocycles. The largest absolute Gasteiger partial charge is 0.381 e. The Hall–Kier alpha value is -0.300. The molecule has 6 rings (SSSR count). The van der Waals surface area contributed by atoms with E-state index < -0.39 is 0 Å². The maximum atomic E-state index is 6.30. The Balaban J connectivity index is 1.19. The zero-order chi connectivity index (χ0) is 21.8. The van der Waals surface area contributed by atoms with Gasteiger partial charge in [-0.05, 0) is 129 Å². The van der Waals surface area contributed by atoms with Crippen molar-refractivity contribution < 1.29 is 4.74 Å². The minimum atomic E-state index is 0.509. The third-order valence-electron chi connectivity index (χ3n) is 13.1. The van der Waals surface area contributed by atoms with Gasteiger partial charge >= 0.3 is 0 Å². The van der Waals surface area contributed by atoms with Gasteiger partial charge in [0.25, 0.3) is 0 Å². The van der Waals surface area contributed by atoms with E-state index in [9.17, 15) is 0 Å². The molecular weight excluding hydrogens is 376 g/mol. The van der Waals surface area contributed by atoms with Gasteiger partial charge in [-0.3, -0.25) is 0 Å². The summed E-state index contributed by atoms with van der Waals surface area (Å²) in [7, 11) is 2.02. The molecule has 1 heteroatoms. The summed E-state index contributed by atoms with van der Waals surface area (Å²) in [5.41, 5.74) is 3.26. The lowest BCUT2D eigenvalue weighted by Gasteiger charge is -2.60. The van der Waals surface area contributed by atoms with Crippen LogP contribution in [0.4, 0.5) is 0 Å². The molecular formula is C30H48O. The minimum absolute atomic E-state index is 0.509. The monoisotopic (exact) mass is 424 g/mol. The van der Waals surface area contributed by atoms with Crippen molar-refractivity contribution in [3.63, 3.8) is 0 Å². The molecule has 0 aromatic carbocycles. The van der Waals surface area contributed by atoms with Gasteiger partial charge in [0.05, 0.1) is 6.10 Å². The molecule has 0 N–H and O–H groups in total. The zero-order valence-electron chi connectivity index (χ0n) is 21.1. The van der Waals surface area contributed by atoms with Gasteiger partial charge in [-0.1, -0.05) is 39.8 Å². The Bertz CT molecular complexity index is 756. The molecule has 1 nitrogen and oxygen atoms in total. The maximum absolute atomic E-state index is 6.30. The van der Waals surface area contributed by atoms with Crippen LogP contribution in [-0.4, -0.2) is 13.2 Å². The summed E-state index contributed by atoms with van der Waals surface area (Å²) in [6, 6.07) is 0. The lowest BCUT2D eigenvalue weighted by atomic mass is 9.45. The van der Waals surface area contributed by atoms with Gasteiger partial charge in [-0.25, -0.2) is 0 Å². The molecule has 0 saturated heterocycles. The summed E-state index contributed by atoms with van der Waals surface area (Å²) in [6.07, 6.45) is 16.3. The number of hydrogen-bond donors (Lipinski definition) is 0. The summed E-state index contributed by atoms with van der Waals surface area (Å²) >= 11 is 0. The van der Waals surface area contributed by atoms with Crippen LogP contribution >= 0.6 is 0 Å². The van der Waals surface area contributed by atoms with E-state index >= 15 is 0 Å². The average Bonchev–Trinajstić information content (AvgIpc) is 3.60. The number of allylic oxidation sites excluding steroid dienone is 1. The highest BCUT2D eigenvalue weighted by Gasteiger charge is 2.77. The van der Waals surface area contributed by atoms with E-state index in [4.69, 9.17) is 11.3 Å². The molecule has 12 atom stereocenters. The molecule has 0 radical (unpaired) electrons. The molecule has 0 aliphatic heterocycles. The van der Waals surface area contributed by atoms with Crippen LogP contribution in [0.1, 0.15) is 98.3 Å². The van der Waals surface area contributed by atoms with Gasteiger partial charge in [0.1, 0.15) is 0 Å². The first kappa shape index (κ1) is 21.2. The first-order chi connectivity index (χ1) is 14.8. The second-order valence-corrected chi connectivity index (χ2v) is 14.0. The normalized spacial score (nSPS) is 57.5. The van der Waals surface area contributed by atoms with Gasteiger partial charge in [0.2, 0.25) is 0 Å². The van der Waals surface area contributed by atoms with Crippen LogP contribution in [0.3, 0.4) is 0 Å². The van der Waals surface area contributed by atoms with Crippen molar-refractivity contribution in [2.24, 2.45) is 63.6 Å². The quantitative estimate of drug-likeness (QED) is 0.394. The average molecular weight is 425 g/mol. The van der Waals surface area contributed by atoms with E-state index in [-0.39, 0.29) is 0 Å². The summed E-state index contributed by atoms with van der Waals surface area (Å²) < 4.78 is 6.30. The number of rotatable bonds is 6. The van der Waals surface area contributed by atoms with Crippen molar-refractivity contribution >= 4 is 0 Å². The molecule has 6 aliphatic carbocycles. The smallest absolute Gasteiger partial charge is 0.0638 e. The van der Waals surface area contributed by atoms with Crippen LogP contribution in [0.15, 0.2) is 12.2 Å². The third-order valence-corrected chi connectivity index (χ3v) is 13.1. The first-order valence-electron chi connectivity index (χ1n) is 14.0. The number of hydrogen-bond acceptors (Lipinski definition) is 1. The molecule has 6 saturated carbocycles. The first-order valence-corrected chi connectivity index (χ1v) is 14.0. The van der Waals surface area contributed by atoms with Crippen LogP contribution in [0.2, 0.25) is 0 Å². The van der Waals surface area contributed by atoms with Crippen molar-refractivity contribution in [3.05, 3.63) is 12.2 Å². The van der Waals surface area contributed by atoms with Crippen molar-refractivity contribution in [3.8, 4) is 0 Å². The second kappa shape index (κ2) is 6.86. The van der Waals surface area contributed by atoms with Crippen LogP contribution < -0.4 is 0 Å². The van der Waals surface area contributed by atoms with E-state index in [1.807, 2.05) is 7.11 Å². The number of fused-ring (bicyclic) bond motifs is 4. The van der Waals surface area contributed by atoms with Crippen LogP contribution in [0.25, 0.3) is 0 Å². The molecule has 0 unspecified atom stereocenters. The molecule has 31 heavy (non-hydrogen) atoms. The van der Waals surface area contributed by atoms with Crippen molar-refractivity contribution in [1.82, 2.24) is 0 Å². The van der Waals surface area contributed by atoms with Gasteiger partial charge in [0, 0.05) is 12.5 Å². The predicted octanol–water partition coefficient (Wildman–Crippen LogP) is 7.90. The van der Waals surface area contributed by atoms with Crippen LogP contribution in [0, 0.1) is 63.6 Å². The van der Waals surface area contributed by atoms with E-state index in [0.717, 1.165) is 47.3 Å². The number of ether oxygens (including phenoxy) is 1. The predicted molar refractivity (Wildman–Crippen MR) is 129 cm³/mol. The van der Waals surface area contributed by atoms with Crippen molar-refractivity contribution in [2.45, 2.75) is 104 Å². The highest BCUT2D eigenvalue weighted by Crippen LogP contribution is 2.82. The van der Waals surface area contributed by atoms with Gasteiger partial charge in [0.15, 0.2) is 0 Å². The summed E-state index contributed by atoms with van der Waals surface area (Å²) in [5, 5.41) is 0. The Morgan fingerprint density at radius 3 is 2.52 bits per heavy atom. The molecule has 6 fully saturated rings. The Kier molecular flexibility index (Phi) is 4.70. The second-order valence-electron chi connectivity index (χ2n) is 14.0. The maximum Gasteiger partial charge on any atom is 0.0638 e. The molecule has 1 spiro atoms. The lowest BCUT2D eigenvalue weighted by Crippen LogP contribution is -2.56. The fourth-order valence-corrected chi connectivity index (χ4v) is 11.2. The van der Waals surface area contributed by atoms with E-state index in [2.05, 4.69) is 27.7 Å². The van der Waals surface area contributed by atoms with E-state index in [1.165, 1.54) is 70.6 Å². The number of methoxy groups -OCH3 is 1. The fourth-order valence-electron chi connectivity index (χ4n) is 11.2. The van der Waals surface area contributed by atoms with Gasteiger partial charge in [-0.2, -0.15) is 0 Å². The minimum Gasteiger partial charge on any atom is -0.381 e. The molecule has 0 aromatic heterocycles. The Labute approximate surface area is 192 Å². The topological polar surface area (TPSA) is 9.23 Å². The molecule has 174 valence electrons. The van der Waals surface area contributed by atoms with E-state index in [1.54, 1.807) is 5.57 Å². The van der Waals surface area contributed by atoms with E-state index in [0.29, 0.717) is 22.3 Å². The van der Waals surface area contributed by atoms with Crippen molar-refractivity contribution in [2.75, 3.05) is 7.11 Å². The van der Waals surface area contributed by atoms with Gasteiger partial charge < -0.3 is 4.74 Å². The highest BCUT2D eigenvalue weighted by atomic mass is 16.5. The SMILES string of the molecule is C=C(CC[C@@H](C)[C@@H]1C[C@H]1C)[C@H]1CC[C@H]2[C@@H]3C[C@@H](OC)[C@]45C[C@H]4CC[C@]5(C)[C@H]3CC[C@]12C. The Morgan fingerprint density at radius 1 is 1.06 bits per heavy atom. The fraction of sp³-hybridized carbons (Fsp3) is 0.933. The lowest BCUT2D eigenvalue weighted by molar-refractivity contribution is -0.158.